The fraction of sp³-hybridized carbons (Fsp3) is 0.500. The zero-order valence-corrected chi connectivity index (χ0v) is 10.9. The highest BCUT2D eigenvalue weighted by molar-refractivity contribution is 5.80. The monoisotopic (exact) mass is 321 g/mol. The highest BCUT2D eigenvalue weighted by Gasteiger charge is 2.61. The molecule has 120 valence electrons. The van der Waals surface area contributed by atoms with Crippen molar-refractivity contribution in [1.29, 1.82) is 0 Å². The topological polar surface area (TPSA) is 114 Å². The molecule has 1 aliphatic heterocycles. The third kappa shape index (κ3) is 2.77. The zero-order valence-electron chi connectivity index (χ0n) is 10.9. The minimum Gasteiger partial charge on any atom is -0.362 e. The minimum atomic E-state index is -5.05. The third-order valence-electron chi connectivity index (χ3n) is 3.00. The molecular weight excluding hydrogens is 311 g/mol. The molecule has 0 aliphatic carbocycles. The summed E-state index contributed by atoms with van der Waals surface area (Å²) in [4.78, 5) is 21.6. The van der Waals surface area contributed by atoms with Crippen molar-refractivity contribution in [3.63, 3.8) is 0 Å². The Balaban J connectivity index is 2.02. The van der Waals surface area contributed by atoms with E-state index in [2.05, 4.69) is 10.2 Å². The number of nitro groups is 1. The molecule has 0 bridgehead atoms. The van der Waals surface area contributed by atoms with E-state index in [1.165, 1.54) is 0 Å². The van der Waals surface area contributed by atoms with Gasteiger partial charge in [-0.15, -0.1) is 0 Å². The van der Waals surface area contributed by atoms with E-state index in [0.717, 1.165) is 23.3 Å². The maximum Gasteiger partial charge on any atom is 0.438 e. The van der Waals surface area contributed by atoms with Gasteiger partial charge < -0.3 is 5.11 Å². The van der Waals surface area contributed by atoms with E-state index in [9.17, 15) is 33.2 Å². The molecule has 1 aromatic rings. The molecule has 22 heavy (non-hydrogen) atoms. The maximum atomic E-state index is 12.8. The number of aliphatic hydroxyl groups is 1. The maximum absolute atomic E-state index is 12.8. The fourth-order valence-electron chi connectivity index (χ4n) is 1.82. The normalized spacial score (nSPS) is 21.4. The van der Waals surface area contributed by atoms with Crippen molar-refractivity contribution in [2.75, 3.05) is 0 Å². The molecule has 2 heterocycles. The number of alkyl halides is 3. The molecule has 1 aliphatic rings. The summed E-state index contributed by atoms with van der Waals surface area (Å²) in [5, 5.41) is 26.9. The van der Waals surface area contributed by atoms with Gasteiger partial charge in [0.15, 0.2) is 0 Å². The summed E-state index contributed by atoms with van der Waals surface area (Å²) in [7, 11) is 0. The number of carbonyl (C=O) groups excluding carboxylic acids is 1. The molecule has 0 unspecified atom stereocenters. The fourth-order valence-corrected chi connectivity index (χ4v) is 1.82. The van der Waals surface area contributed by atoms with Gasteiger partial charge in [0.1, 0.15) is 12.4 Å². The van der Waals surface area contributed by atoms with Crippen molar-refractivity contribution in [2.24, 2.45) is 5.10 Å². The number of aromatic nitrogens is 2. The molecule has 0 radical (unpaired) electrons. The van der Waals surface area contributed by atoms with Crippen LogP contribution in [-0.2, 0) is 11.3 Å². The van der Waals surface area contributed by atoms with Crippen LogP contribution in [0, 0.1) is 10.1 Å². The molecule has 1 aromatic heterocycles. The van der Waals surface area contributed by atoms with E-state index < -0.39 is 35.6 Å². The van der Waals surface area contributed by atoms with E-state index in [4.69, 9.17) is 0 Å². The first-order valence-electron chi connectivity index (χ1n) is 5.96. The highest BCUT2D eigenvalue weighted by Crippen LogP contribution is 2.38. The molecule has 1 amide bonds. The van der Waals surface area contributed by atoms with Crippen LogP contribution in [0.15, 0.2) is 17.5 Å². The molecular formula is C10H10F3N5O4. The van der Waals surface area contributed by atoms with Gasteiger partial charge in [-0.25, -0.2) is 0 Å². The Morgan fingerprint density at radius 2 is 2.23 bits per heavy atom. The largest absolute Gasteiger partial charge is 0.438 e. The third-order valence-corrected chi connectivity index (χ3v) is 3.00. The summed E-state index contributed by atoms with van der Waals surface area (Å²) in [6.45, 7) is -0.188. The van der Waals surface area contributed by atoms with E-state index in [1.807, 2.05) is 0 Å². The van der Waals surface area contributed by atoms with Crippen molar-refractivity contribution >= 4 is 17.8 Å². The van der Waals surface area contributed by atoms with Gasteiger partial charge >= 0.3 is 11.9 Å². The number of aryl methyl sites for hydroxylation is 1. The quantitative estimate of drug-likeness (QED) is 0.646. The van der Waals surface area contributed by atoms with Crippen LogP contribution in [0.5, 0.6) is 0 Å². The molecule has 1 N–H and O–H groups in total. The standard InChI is InChI=1S/C10H10F3N5O4/c11-10(12,13)9(20)2-3-14-17(9)8(19)1-4-16-6-7(5-15-16)18(21)22/h3,5-6,20H,1-2,4H2/t9-/m0/s1. The van der Waals surface area contributed by atoms with Crippen LogP contribution in [0.4, 0.5) is 18.9 Å². The molecule has 0 saturated heterocycles. The molecule has 0 aromatic carbocycles. The lowest BCUT2D eigenvalue weighted by molar-refractivity contribution is -0.385. The second-order valence-corrected chi connectivity index (χ2v) is 4.49. The number of rotatable bonds is 4. The Morgan fingerprint density at radius 3 is 2.77 bits per heavy atom. The predicted molar refractivity (Wildman–Crippen MR) is 64.5 cm³/mol. The first kappa shape index (κ1) is 15.9. The van der Waals surface area contributed by atoms with Crippen LogP contribution >= 0.6 is 0 Å². The van der Waals surface area contributed by atoms with Gasteiger partial charge in [0.2, 0.25) is 5.91 Å². The van der Waals surface area contributed by atoms with E-state index in [-0.39, 0.29) is 17.2 Å². The van der Waals surface area contributed by atoms with Gasteiger partial charge in [-0.2, -0.15) is 28.4 Å². The summed E-state index contributed by atoms with van der Waals surface area (Å²) in [6.07, 6.45) is -3.58. The molecule has 9 nitrogen and oxygen atoms in total. The average Bonchev–Trinajstić information content (AvgIpc) is 3.02. The van der Waals surface area contributed by atoms with Gasteiger partial charge in [-0.3, -0.25) is 19.6 Å². The summed E-state index contributed by atoms with van der Waals surface area (Å²) >= 11 is 0. The van der Waals surface area contributed by atoms with E-state index in [1.54, 1.807) is 0 Å². The Morgan fingerprint density at radius 1 is 1.55 bits per heavy atom. The predicted octanol–water partition coefficient (Wildman–Crippen LogP) is 0.650. The minimum absolute atomic E-state index is 0.0229. The van der Waals surface area contributed by atoms with Crippen LogP contribution in [0.25, 0.3) is 0 Å². The number of hydrogen-bond donors (Lipinski definition) is 1. The van der Waals surface area contributed by atoms with Crippen molar-refractivity contribution in [3.8, 4) is 0 Å². The van der Waals surface area contributed by atoms with E-state index in [0.29, 0.717) is 0 Å². The average molecular weight is 321 g/mol. The lowest BCUT2D eigenvalue weighted by atomic mass is 10.1. The van der Waals surface area contributed by atoms with Crippen LogP contribution in [0.2, 0.25) is 0 Å². The summed E-state index contributed by atoms with van der Waals surface area (Å²) in [5.74, 6) is -1.08. The van der Waals surface area contributed by atoms with Crippen molar-refractivity contribution in [3.05, 3.63) is 22.5 Å². The smallest absolute Gasteiger partial charge is 0.362 e. The number of carbonyl (C=O) groups is 1. The Hall–Kier alpha value is -2.50. The number of hydrogen-bond acceptors (Lipinski definition) is 6. The van der Waals surface area contributed by atoms with Crippen LogP contribution in [0.3, 0.4) is 0 Å². The Bertz CT molecular complexity index is 628. The van der Waals surface area contributed by atoms with Gasteiger partial charge in [-0.05, 0) is 0 Å². The van der Waals surface area contributed by atoms with Gasteiger partial charge in [0.25, 0.3) is 5.72 Å². The molecule has 2 rings (SSSR count). The van der Waals surface area contributed by atoms with Crippen molar-refractivity contribution < 1.29 is 28.0 Å². The molecule has 0 saturated carbocycles. The molecule has 1 atom stereocenters. The number of hydrazone groups is 1. The number of nitrogens with zero attached hydrogens (tertiary/aromatic N) is 5. The molecule has 0 spiro atoms. The lowest BCUT2D eigenvalue weighted by Gasteiger charge is -2.32. The lowest BCUT2D eigenvalue weighted by Crippen LogP contribution is -2.56. The Kier molecular flexibility index (Phi) is 3.87. The molecule has 0 fully saturated rings. The number of amides is 1. The van der Waals surface area contributed by atoms with Gasteiger partial charge in [-0.1, -0.05) is 0 Å². The highest BCUT2D eigenvalue weighted by atomic mass is 19.4. The summed E-state index contributed by atoms with van der Waals surface area (Å²) in [6, 6.07) is 0. The molecule has 12 heteroatoms. The second-order valence-electron chi connectivity index (χ2n) is 4.49. The van der Waals surface area contributed by atoms with E-state index >= 15 is 0 Å². The SMILES string of the molecule is O=C(CCn1cc([N+](=O)[O-])cn1)N1N=CC[C@]1(O)C(F)(F)F. The van der Waals surface area contributed by atoms with Gasteiger partial charge in [0, 0.05) is 19.1 Å². The first-order valence-corrected chi connectivity index (χ1v) is 5.96. The van der Waals surface area contributed by atoms with Gasteiger partial charge in [0.05, 0.1) is 11.5 Å². The van der Waals surface area contributed by atoms with Crippen LogP contribution < -0.4 is 0 Å². The number of halogens is 3. The van der Waals surface area contributed by atoms with Crippen LogP contribution in [0.1, 0.15) is 12.8 Å². The van der Waals surface area contributed by atoms with Crippen molar-refractivity contribution in [2.45, 2.75) is 31.3 Å². The summed E-state index contributed by atoms with van der Waals surface area (Å²) in [5.41, 5.74) is -3.67. The Labute approximate surface area is 120 Å². The van der Waals surface area contributed by atoms with Crippen LogP contribution in [-0.4, -0.2) is 48.8 Å². The first-order chi connectivity index (χ1) is 10.1. The zero-order chi connectivity index (χ0) is 16.5. The summed E-state index contributed by atoms with van der Waals surface area (Å²) < 4.78 is 39.4. The second kappa shape index (κ2) is 5.36. The van der Waals surface area contributed by atoms with Crippen molar-refractivity contribution in [1.82, 2.24) is 14.8 Å².